The van der Waals surface area contributed by atoms with E-state index in [0.717, 1.165) is 0 Å². The predicted octanol–water partition coefficient (Wildman–Crippen LogP) is 0.930. The van der Waals surface area contributed by atoms with Gasteiger partial charge in [0.15, 0.2) is 0 Å². The third kappa shape index (κ3) is 3.50. The van der Waals surface area contributed by atoms with Gasteiger partial charge in [0, 0.05) is 6.54 Å². The molecule has 44 valence electrons. The molecule has 0 aromatic heterocycles. The van der Waals surface area contributed by atoms with Gasteiger partial charge in [0.1, 0.15) is 5.40 Å². The molecule has 0 unspecified atom stereocenters. The highest BCUT2D eigenvalue weighted by Crippen LogP contribution is 1.94. The molecule has 0 aromatic carbocycles. The summed E-state index contributed by atoms with van der Waals surface area (Å²) in [5.74, 6) is 0. The molecule has 0 spiro atoms. The van der Waals surface area contributed by atoms with E-state index in [1.807, 2.05) is 0 Å². The van der Waals surface area contributed by atoms with Crippen molar-refractivity contribution in [3.8, 4) is 5.40 Å². The molecule has 0 saturated carbocycles. The summed E-state index contributed by atoms with van der Waals surface area (Å²) in [5, 5.41) is 11.7. The molecule has 0 fully saturated rings. The number of rotatable bonds is 1. The first-order chi connectivity index (χ1) is 3.81. The highest BCUT2D eigenvalue weighted by atomic mass is 32.2. The number of nitriles is 1. The van der Waals surface area contributed by atoms with Crippen LogP contribution in [0.5, 0.6) is 0 Å². The smallest absolute Gasteiger partial charge is 0.293 e. The molecule has 0 aliphatic carbocycles. The molecule has 0 atom stereocenters. The molecular weight excluding hydrogens is 124 g/mol. The molecule has 3 nitrogen and oxygen atoms in total. The van der Waals surface area contributed by atoms with E-state index in [1.165, 1.54) is 0 Å². The molecule has 0 aliphatic heterocycles. The van der Waals surface area contributed by atoms with Crippen molar-refractivity contribution in [1.82, 2.24) is 5.32 Å². The molecule has 0 radical (unpaired) electrons. The molecule has 0 bridgehead atoms. The first-order valence-electron chi connectivity index (χ1n) is 2.15. The standard InChI is InChI=1S/C4H6N2OS/c1-2-6-4(7)8-3-5/h2H2,1H3,(H,6,7). The van der Waals surface area contributed by atoms with Crippen molar-refractivity contribution < 1.29 is 4.79 Å². The van der Waals surface area contributed by atoms with Gasteiger partial charge in [0.25, 0.3) is 5.24 Å². The normalized spacial score (nSPS) is 7.50. The van der Waals surface area contributed by atoms with Crippen LogP contribution in [0.2, 0.25) is 0 Å². The molecule has 0 rings (SSSR count). The summed E-state index contributed by atoms with van der Waals surface area (Å²) in [6, 6.07) is 0. The van der Waals surface area contributed by atoms with Gasteiger partial charge in [-0.3, -0.25) is 4.79 Å². The summed E-state index contributed by atoms with van der Waals surface area (Å²) in [4.78, 5) is 10.3. The van der Waals surface area contributed by atoms with Gasteiger partial charge in [-0.1, -0.05) is 0 Å². The van der Waals surface area contributed by atoms with Gasteiger partial charge in [0.05, 0.1) is 11.8 Å². The Hall–Kier alpha value is -0.690. The number of hydrogen-bond donors (Lipinski definition) is 1. The van der Waals surface area contributed by atoms with Crippen LogP contribution >= 0.6 is 11.8 Å². The molecule has 0 aromatic rings. The maximum atomic E-state index is 10.3. The Bertz CT molecular complexity index is 118. The van der Waals surface area contributed by atoms with Crippen molar-refractivity contribution >= 4 is 17.0 Å². The van der Waals surface area contributed by atoms with Gasteiger partial charge in [0.2, 0.25) is 0 Å². The SMILES string of the molecule is CCNC(=O)SC#N. The topological polar surface area (TPSA) is 52.9 Å². The zero-order chi connectivity index (χ0) is 6.41. The highest BCUT2D eigenvalue weighted by Gasteiger charge is 1.94. The quantitative estimate of drug-likeness (QED) is 0.537. The molecule has 1 N–H and O–H groups in total. The number of nitrogens with zero attached hydrogens (tertiary/aromatic N) is 1. The Morgan fingerprint density at radius 1 is 2.00 bits per heavy atom. The largest absolute Gasteiger partial charge is 0.346 e. The summed E-state index contributed by atoms with van der Waals surface area (Å²) in [6.45, 7) is 2.38. The van der Waals surface area contributed by atoms with Crippen LogP contribution < -0.4 is 5.32 Å². The predicted molar refractivity (Wildman–Crippen MR) is 32.3 cm³/mol. The number of carbonyl (C=O) groups excluding carboxylic acids is 1. The number of nitrogens with one attached hydrogen (secondary N) is 1. The third-order valence-corrected chi connectivity index (χ3v) is 0.880. The van der Waals surface area contributed by atoms with E-state index >= 15 is 0 Å². The fraction of sp³-hybridized carbons (Fsp3) is 0.500. The minimum atomic E-state index is -0.282. The van der Waals surface area contributed by atoms with E-state index < -0.39 is 0 Å². The minimum absolute atomic E-state index is 0.282. The molecular formula is C4H6N2OS. The number of carbonyl (C=O) groups is 1. The number of thioether (sulfide) groups is 1. The van der Waals surface area contributed by atoms with Gasteiger partial charge < -0.3 is 5.32 Å². The lowest BCUT2D eigenvalue weighted by Gasteiger charge is -1.91. The average molecular weight is 130 g/mol. The monoisotopic (exact) mass is 130 g/mol. The lowest BCUT2D eigenvalue weighted by Crippen LogP contribution is -2.16. The van der Waals surface area contributed by atoms with Crippen LogP contribution in [0.15, 0.2) is 0 Å². The van der Waals surface area contributed by atoms with E-state index in [2.05, 4.69) is 5.32 Å². The minimum Gasteiger partial charge on any atom is -0.346 e. The second-order valence-corrected chi connectivity index (χ2v) is 1.77. The number of amides is 1. The Kier molecular flexibility index (Phi) is 4.08. The maximum Gasteiger partial charge on any atom is 0.293 e. The van der Waals surface area contributed by atoms with Crippen molar-refractivity contribution in [2.24, 2.45) is 0 Å². The van der Waals surface area contributed by atoms with E-state index in [4.69, 9.17) is 5.26 Å². The zero-order valence-corrected chi connectivity index (χ0v) is 5.29. The third-order valence-electron chi connectivity index (χ3n) is 0.459. The lowest BCUT2D eigenvalue weighted by atomic mass is 10.8. The van der Waals surface area contributed by atoms with E-state index in [-0.39, 0.29) is 5.24 Å². The van der Waals surface area contributed by atoms with Crippen molar-refractivity contribution in [2.75, 3.05) is 6.54 Å². The van der Waals surface area contributed by atoms with Crippen LogP contribution in [0.4, 0.5) is 4.79 Å². The summed E-state index contributed by atoms with van der Waals surface area (Å²) in [7, 11) is 0. The van der Waals surface area contributed by atoms with Crippen molar-refractivity contribution in [2.45, 2.75) is 6.92 Å². The van der Waals surface area contributed by atoms with Crippen molar-refractivity contribution in [3.05, 3.63) is 0 Å². The summed E-state index contributed by atoms with van der Waals surface area (Å²) < 4.78 is 0. The van der Waals surface area contributed by atoms with Crippen LogP contribution in [0, 0.1) is 10.7 Å². The van der Waals surface area contributed by atoms with Gasteiger partial charge in [-0.2, -0.15) is 5.26 Å². The molecule has 0 saturated heterocycles. The highest BCUT2D eigenvalue weighted by molar-refractivity contribution is 8.17. The zero-order valence-electron chi connectivity index (χ0n) is 4.47. The van der Waals surface area contributed by atoms with E-state index in [1.54, 1.807) is 12.3 Å². The summed E-state index contributed by atoms with van der Waals surface area (Å²) >= 11 is 0.611. The Morgan fingerprint density at radius 3 is 3.00 bits per heavy atom. The fourth-order valence-corrected chi connectivity index (χ4v) is 0.521. The van der Waals surface area contributed by atoms with Gasteiger partial charge >= 0.3 is 0 Å². The van der Waals surface area contributed by atoms with E-state index in [9.17, 15) is 4.79 Å². The Labute approximate surface area is 52.1 Å². The molecule has 0 heterocycles. The average Bonchev–Trinajstić information content (AvgIpc) is 1.68. The molecule has 1 amide bonds. The molecule has 4 heteroatoms. The second kappa shape index (κ2) is 4.47. The first kappa shape index (κ1) is 7.31. The molecule has 0 aliphatic rings. The fourth-order valence-electron chi connectivity index (χ4n) is 0.222. The van der Waals surface area contributed by atoms with Gasteiger partial charge in [-0.25, -0.2) is 0 Å². The number of thiocyanates is 1. The maximum absolute atomic E-state index is 10.3. The van der Waals surface area contributed by atoms with Crippen molar-refractivity contribution in [3.63, 3.8) is 0 Å². The second-order valence-electron chi connectivity index (χ2n) is 1.01. The van der Waals surface area contributed by atoms with Crippen LogP contribution in [0.25, 0.3) is 0 Å². The van der Waals surface area contributed by atoms with Crippen molar-refractivity contribution in [1.29, 1.82) is 5.26 Å². The summed E-state index contributed by atoms with van der Waals surface area (Å²) in [5.41, 5.74) is 0. The van der Waals surface area contributed by atoms with Crippen LogP contribution in [-0.2, 0) is 0 Å². The van der Waals surface area contributed by atoms with E-state index in [0.29, 0.717) is 18.3 Å². The lowest BCUT2D eigenvalue weighted by molar-refractivity contribution is 0.261. The van der Waals surface area contributed by atoms with Crippen LogP contribution in [-0.4, -0.2) is 11.8 Å². The van der Waals surface area contributed by atoms with Gasteiger partial charge in [-0.15, -0.1) is 0 Å². The van der Waals surface area contributed by atoms with Crippen LogP contribution in [0.3, 0.4) is 0 Å². The van der Waals surface area contributed by atoms with Gasteiger partial charge in [-0.05, 0) is 6.92 Å². The molecule has 8 heavy (non-hydrogen) atoms. The number of hydrogen-bond acceptors (Lipinski definition) is 3. The van der Waals surface area contributed by atoms with Crippen LogP contribution in [0.1, 0.15) is 6.92 Å². The first-order valence-corrected chi connectivity index (χ1v) is 2.96. The Morgan fingerprint density at radius 2 is 2.62 bits per heavy atom. The summed E-state index contributed by atoms with van der Waals surface area (Å²) in [6.07, 6.45) is 0. The Balaban J connectivity index is 3.23.